The van der Waals surface area contributed by atoms with Gasteiger partial charge in [-0.1, -0.05) is 43.7 Å². The lowest BCUT2D eigenvalue weighted by molar-refractivity contribution is -0.137. The summed E-state index contributed by atoms with van der Waals surface area (Å²) in [6, 6.07) is 8.23. The highest BCUT2D eigenvalue weighted by Crippen LogP contribution is 2.40. The average molecular weight is 232 g/mol. The van der Waals surface area contributed by atoms with Crippen LogP contribution in [0.25, 0.3) is 0 Å². The van der Waals surface area contributed by atoms with E-state index in [-0.39, 0.29) is 11.7 Å². The summed E-state index contributed by atoms with van der Waals surface area (Å²) >= 11 is 0. The van der Waals surface area contributed by atoms with Gasteiger partial charge in [0.25, 0.3) is 0 Å². The van der Waals surface area contributed by atoms with E-state index < -0.39 is 11.5 Å². The van der Waals surface area contributed by atoms with Gasteiger partial charge in [-0.3, -0.25) is 4.79 Å². The van der Waals surface area contributed by atoms with Crippen LogP contribution >= 0.6 is 0 Å². The normalized spacial score (nSPS) is 28.1. The van der Waals surface area contributed by atoms with Crippen molar-refractivity contribution < 1.29 is 9.90 Å². The molecule has 0 bridgehead atoms. The molecule has 1 aliphatic carbocycles. The molecule has 0 amide bonds. The highest BCUT2D eigenvalue weighted by atomic mass is 16.3. The van der Waals surface area contributed by atoms with Gasteiger partial charge in [0.05, 0.1) is 6.10 Å². The smallest absolute Gasteiger partial charge is 0.141 e. The summed E-state index contributed by atoms with van der Waals surface area (Å²) in [5, 5.41) is 10.1. The number of benzene rings is 1. The van der Waals surface area contributed by atoms with Gasteiger partial charge < -0.3 is 5.11 Å². The average Bonchev–Trinajstić information content (AvgIpc) is 2.26. The Balaban J connectivity index is 2.23. The first-order valence-electron chi connectivity index (χ1n) is 6.19. The molecule has 1 saturated carbocycles. The maximum absolute atomic E-state index is 12.0. The Kier molecular flexibility index (Phi) is 3.09. The number of Topliss-reactive ketones (excluding diaryl/α,β-unsaturated/α-hetero) is 1. The van der Waals surface area contributed by atoms with Crippen LogP contribution in [0.3, 0.4) is 0 Å². The third kappa shape index (κ3) is 2.27. The molecule has 2 unspecified atom stereocenters. The number of hydrogen-bond acceptors (Lipinski definition) is 2. The fraction of sp³-hybridized carbons (Fsp3) is 0.533. The van der Waals surface area contributed by atoms with Gasteiger partial charge in [-0.15, -0.1) is 0 Å². The molecule has 0 spiro atoms. The van der Waals surface area contributed by atoms with Crippen LogP contribution in [0.4, 0.5) is 0 Å². The Labute approximate surface area is 103 Å². The van der Waals surface area contributed by atoms with Crippen LogP contribution in [-0.4, -0.2) is 17.0 Å². The molecule has 0 aromatic heterocycles. The number of rotatable bonds is 1. The molecule has 2 atom stereocenters. The largest absolute Gasteiger partial charge is 0.392 e. The van der Waals surface area contributed by atoms with Gasteiger partial charge in [-0.05, 0) is 24.8 Å². The standard InChI is InChI=1S/C15H20O2/c1-10-5-4-6-11(7-10)12-8-13(16)15(2,3)14(17)9-12/h4-7,12-13,16H,8-9H2,1-3H3. The number of aliphatic hydroxyl groups excluding tert-OH is 1. The molecular weight excluding hydrogens is 212 g/mol. The summed E-state index contributed by atoms with van der Waals surface area (Å²) in [7, 11) is 0. The summed E-state index contributed by atoms with van der Waals surface area (Å²) in [5.41, 5.74) is 1.79. The number of carbonyl (C=O) groups excluding carboxylic acids is 1. The summed E-state index contributed by atoms with van der Waals surface area (Å²) in [6.07, 6.45) is 0.699. The predicted octanol–water partition coefficient (Wildman–Crippen LogP) is 2.83. The first-order chi connectivity index (χ1) is 7.91. The fourth-order valence-corrected chi connectivity index (χ4v) is 2.50. The van der Waals surface area contributed by atoms with Crippen molar-refractivity contribution in [2.45, 2.75) is 45.6 Å². The number of aliphatic hydroxyl groups is 1. The van der Waals surface area contributed by atoms with E-state index in [9.17, 15) is 9.90 Å². The summed E-state index contributed by atoms with van der Waals surface area (Å²) < 4.78 is 0. The van der Waals surface area contributed by atoms with Crippen molar-refractivity contribution in [1.82, 2.24) is 0 Å². The van der Waals surface area contributed by atoms with Crippen molar-refractivity contribution >= 4 is 5.78 Å². The molecular formula is C15H20O2. The monoisotopic (exact) mass is 232 g/mol. The van der Waals surface area contributed by atoms with E-state index in [0.29, 0.717) is 12.8 Å². The highest BCUT2D eigenvalue weighted by Gasteiger charge is 2.42. The highest BCUT2D eigenvalue weighted by molar-refractivity contribution is 5.86. The SMILES string of the molecule is Cc1cccc(C2CC(=O)C(C)(C)C(O)C2)c1. The minimum atomic E-state index is -0.583. The van der Waals surface area contributed by atoms with Crippen LogP contribution in [-0.2, 0) is 4.79 Å². The second-order valence-corrected chi connectivity index (χ2v) is 5.71. The van der Waals surface area contributed by atoms with Gasteiger partial charge in [0.2, 0.25) is 0 Å². The van der Waals surface area contributed by atoms with E-state index in [1.807, 2.05) is 19.9 Å². The zero-order chi connectivity index (χ0) is 12.6. The molecule has 2 nitrogen and oxygen atoms in total. The van der Waals surface area contributed by atoms with E-state index in [0.717, 1.165) is 0 Å². The molecule has 2 heteroatoms. The van der Waals surface area contributed by atoms with Crippen molar-refractivity contribution in [3.63, 3.8) is 0 Å². The van der Waals surface area contributed by atoms with Gasteiger partial charge in [-0.2, -0.15) is 0 Å². The van der Waals surface area contributed by atoms with Crippen LogP contribution in [0.2, 0.25) is 0 Å². The quantitative estimate of drug-likeness (QED) is 0.808. The third-order valence-corrected chi connectivity index (χ3v) is 4.00. The molecule has 92 valence electrons. The molecule has 0 saturated heterocycles. The molecule has 0 heterocycles. The lowest BCUT2D eigenvalue weighted by atomic mass is 9.68. The van der Waals surface area contributed by atoms with Gasteiger partial charge in [-0.25, -0.2) is 0 Å². The maximum atomic E-state index is 12.0. The van der Waals surface area contributed by atoms with Gasteiger partial charge in [0.15, 0.2) is 0 Å². The van der Waals surface area contributed by atoms with E-state index >= 15 is 0 Å². The van der Waals surface area contributed by atoms with Crippen LogP contribution in [0.1, 0.15) is 43.7 Å². The van der Waals surface area contributed by atoms with Crippen molar-refractivity contribution in [1.29, 1.82) is 0 Å². The third-order valence-electron chi connectivity index (χ3n) is 4.00. The van der Waals surface area contributed by atoms with Gasteiger partial charge in [0, 0.05) is 11.8 Å². The Bertz CT molecular complexity index is 434. The molecule has 0 aliphatic heterocycles. The van der Waals surface area contributed by atoms with E-state index in [1.165, 1.54) is 11.1 Å². The lowest BCUT2D eigenvalue weighted by Gasteiger charge is -2.37. The Morgan fingerprint density at radius 2 is 2.06 bits per heavy atom. The zero-order valence-corrected chi connectivity index (χ0v) is 10.7. The Hall–Kier alpha value is -1.15. The predicted molar refractivity (Wildman–Crippen MR) is 67.9 cm³/mol. The fourth-order valence-electron chi connectivity index (χ4n) is 2.50. The van der Waals surface area contributed by atoms with Crippen LogP contribution in [0.5, 0.6) is 0 Å². The zero-order valence-electron chi connectivity index (χ0n) is 10.7. The molecule has 0 radical (unpaired) electrons. The van der Waals surface area contributed by atoms with Crippen LogP contribution in [0.15, 0.2) is 24.3 Å². The minimum absolute atomic E-state index is 0.169. The molecule has 1 aliphatic rings. The minimum Gasteiger partial charge on any atom is -0.392 e. The Morgan fingerprint density at radius 1 is 1.35 bits per heavy atom. The van der Waals surface area contributed by atoms with Crippen molar-refractivity contribution in [2.75, 3.05) is 0 Å². The first kappa shape index (κ1) is 12.3. The molecule has 2 rings (SSSR count). The molecule has 1 aromatic rings. The summed E-state index contributed by atoms with van der Waals surface area (Å²) in [5.74, 6) is 0.341. The van der Waals surface area contributed by atoms with Gasteiger partial charge >= 0.3 is 0 Å². The lowest BCUT2D eigenvalue weighted by Crippen LogP contribution is -2.43. The number of hydrogen-bond donors (Lipinski definition) is 1. The number of carbonyl (C=O) groups is 1. The van der Waals surface area contributed by atoms with Crippen LogP contribution in [0, 0.1) is 12.3 Å². The second kappa shape index (κ2) is 4.26. The van der Waals surface area contributed by atoms with Crippen molar-refractivity contribution in [2.24, 2.45) is 5.41 Å². The maximum Gasteiger partial charge on any atom is 0.141 e. The number of ketones is 1. The summed E-state index contributed by atoms with van der Waals surface area (Å²) in [4.78, 5) is 12.0. The molecule has 1 fully saturated rings. The molecule has 1 aromatic carbocycles. The van der Waals surface area contributed by atoms with Crippen molar-refractivity contribution in [3.8, 4) is 0 Å². The second-order valence-electron chi connectivity index (χ2n) is 5.71. The number of aryl methyl sites for hydroxylation is 1. The molecule has 1 N–H and O–H groups in total. The summed E-state index contributed by atoms with van der Waals surface area (Å²) in [6.45, 7) is 5.73. The Morgan fingerprint density at radius 3 is 2.65 bits per heavy atom. The first-order valence-corrected chi connectivity index (χ1v) is 6.19. The van der Waals surface area contributed by atoms with Crippen LogP contribution < -0.4 is 0 Å². The van der Waals surface area contributed by atoms with E-state index in [1.54, 1.807) is 0 Å². The van der Waals surface area contributed by atoms with E-state index in [4.69, 9.17) is 0 Å². The van der Waals surface area contributed by atoms with E-state index in [2.05, 4.69) is 25.1 Å². The molecule has 17 heavy (non-hydrogen) atoms. The van der Waals surface area contributed by atoms with Crippen molar-refractivity contribution in [3.05, 3.63) is 35.4 Å². The topological polar surface area (TPSA) is 37.3 Å². The van der Waals surface area contributed by atoms with Gasteiger partial charge in [0.1, 0.15) is 5.78 Å².